The number of aliphatic hydroxyl groups excluding tert-OH is 4. The molecule has 0 bridgehead atoms. The van der Waals surface area contributed by atoms with Crippen molar-refractivity contribution in [2.75, 3.05) is 67.5 Å². The lowest BCUT2D eigenvalue weighted by Crippen LogP contribution is -2.59. The van der Waals surface area contributed by atoms with E-state index in [1.165, 1.54) is 16.7 Å². The molecule has 5 heterocycles. The third-order valence-electron chi connectivity index (χ3n) is 13.3. The van der Waals surface area contributed by atoms with E-state index in [1.807, 2.05) is 35.2 Å². The summed E-state index contributed by atoms with van der Waals surface area (Å²) in [6.07, 6.45) is -3.45. The number of ether oxygens (including phenoxy) is 2. The summed E-state index contributed by atoms with van der Waals surface area (Å²) in [6.45, 7) is 8.62. The number of nitrogens with one attached hydrogen (secondary N) is 3. The zero-order chi connectivity index (χ0) is 48.1. The molecule has 2 fully saturated rings. The first kappa shape index (κ1) is 47.2. The number of fused-ring (bicyclic) bond motifs is 2. The van der Waals surface area contributed by atoms with E-state index in [9.17, 15) is 43.8 Å². The SMILES string of the molecule is CC1(C)CCC(CN2CCN(c3ccc(C(=O)NS(=O)(=O)c4ccc(NCC5OC(O)C(O)C(O)C5O)c([N+](=O)[O-])c4)c(N4CCOc5nc6[nH]ccc6cc54)c3)CC2)=C(c2ccc(Cl)cc2)C1. The predicted octanol–water partition coefficient (Wildman–Crippen LogP) is 4.77. The van der Waals surface area contributed by atoms with Gasteiger partial charge in [-0.1, -0.05) is 43.2 Å². The number of halogens is 1. The molecule has 2 saturated heterocycles. The number of aromatic amines is 1. The summed E-state index contributed by atoms with van der Waals surface area (Å²) < 4.78 is 41.1. The number of aliphatic hydroxyl groups is 4. The van der Waals surface area contributed by atoms with E-state index in [2.05, 4.69) is 55.8 Å². The van der Waals surface area contributed by atoms with Crippen LogP contribution in [-0.4, -0.2) is 138 Å². The number of nitrogens with zero attached hydrogens (tertiary/aromatic N) is 5. The molecule has 5 unspecified atom stereocenters. The van der Waals surface area contributed by atoms with Gasteiger partial charge >= 0.3 is 0 Å². The average molecular weight is 974 g/mol. The lowest BCUT2D eigenvalue weighted by atomic mass is 9.72. The summed E-state index contributed by atoms with van der Waals surface area (Å²) >= 11 is 6.26. The number of anilines is 4. The second-order valence-corrected chi connectivity index (χ2v) is 20.5. The van der Waals surface area contributed by atoms with Crippen molar-refractivity contribution >= 4 is 72.6 Å². The molecule has 5 atom stereocenters. The fourth-order valence-electron chi connectivity index (χ4n) is 9.41. The molecule has 0 radical (unpaired) electrons. The first-order chi connectivity index (χ1) is 32.4. The van der Waals surface area contributed by atoms with Crippen LogP contribution in [0.25, 0.3) is 16.6 Å². The number of allylic oxidation sites excluding steroid dienone is 1. The summed E-state index contributed by atoms with van der Waals surface area (Å²) in [4.78, 5) is 39.5. The Kier molecular flexibility index (Phi) is 13.1. The van der Waals surface area contributed by atoms with Crippen LogP contribution in [0.5, 0.6) is 5.88 Å². The van der Waals surface area contributed by atoms with E-state index in [1.54, 1.807) is 18.3 Å². The van der Waals surface area contributed by atoms with Gasteiger partial charge in [0.1, 0.15) is 48.0 Å². The van der Waals surface area contributed by atoms with Crippen molar-refractivity contribution in [3.63, 3.8) is 0 Å². The molecular weight excluding hydrogens is 920 g/mol. The number of H-pyrrole nitrogens is 1. The number of pyridine rings is 1. The lowest BCUT2D eigenvalue weighted by Gasteiger charge is -2.39. The van der Waals surface area contributed by atoms with Gasteiger partial charge in [0.25, 0.3) is 21.6 Å². The number of hydrogen-bond donors (Lipinski definition) is 7. The third-order valence-corrected chi connectivity index (χ3v) is 14.8. The highest BCUT2D eigenvalue weighted by atomic mass is 35.5. The number of benzene rings is 3. The Labute approximate surface area is 397 Å². The smallest absolute Gasteiger partial charge is 0.293 e. The molecular formula is C47H53ClN8O11S. The Morgan fingerprint density at radius 1 is 0.956 bits per heavy atom. The van der Waals surface area contributed by atoms with E-state index < -0.39 is 62.1 Å². The predicted molar refractivity (Wildman–Crippen MR) is 255 cm³/mol. The number of carbonyl (C=O) groups is 1. The molecule has 0 saturated carbocycles. The van der Waals surface area contributed by atoms with Gasteiger partial charge < -0.3 is 50.0 Å². The van der Waals surface area contributed by atoms with Crippen LogP contribution in [0.3, 0.4) is 0 Å². The van der Waals surface area contributed by atoms with Crippen LogP contribution >= 0.6 is 11.6 Å². The van der Waals surface area contributed by atoms with E-state index in [-0.39, 0.29) is 29.8 Å². The minimum Gasteiger partial charge on any atom is -0.474 e. The first-order valence-electron chi connectivity index (χ1n) is 22.4. The highest BCUT2D eigenvalue weighted by Gasteiger charge is 2.43. The maximum Gasteiger partial charge on any atom is 0.293 e. The number of sulfonamides is 1. The first-order valence-corrected chi connectivity index (χ1v) is 24.2. The number of hydrogen-bond acceptors (Lipinski definition) is 16. The Bertz CT molecular complexity index is 2870. The number of piperazine rings is 1. The highest BCUT2D eigenvalue weighted by molar-refractivity contribution is 7.90. The van der Waals surface area contributed by atoms with E-state index >= 15 is 0 Å². The second-order valence-electron chi connectivity index (χ2n) is 18.4. The van der Waals surface area contributed by atoms with Crippen LogP contribution < -0.4 is 24.6 Å². The highest BCUT2D eigenvalue weighted by Crippen LogP contribution is 2.44. The number of rotatable bonds is 12. The van der Waals surface area contributed by atoms with Crippen LogP contribution in [0, 0.1) is 15.5 Å². The van der Waals surface area contributed by atoms with Crippen molar-refractivity contribution in [2.45, 2.75) is 68.7 Å². The van der Waals surface area contributed by atoms with Crippen molar-refractivity contribution in [1.82, 2.24) is 19.6 Å². The zero-order valence-corrected chi connectivity index (χ0v) is 38.9. The van der Waals surface area contributed by atoms with E-state index in [0.29, 0.717) is 47.6 Å². The molecule has 3 aromatic carbocycles. The van der Waals surface area contributed by atoms with E-state index in [0.717, 1.165) is 68.2 Å². The molecule has 4 aliphatic rings. The Morgan fingerprint density at radius 3 is 2.47 bits per heavy atom. The lowest BCUT2D eigenvalue weighted by molar-refractivity contribution is -0.384. The minimum absolute atomic E-state index is 0.0215. The molecule has 360 valence electrons. The molecule has 5 aromatic rings. The number of nitro benzene ring substituents is 1. The number of aromatic nitrogens is 2. The maximum absolute atomic E-state index is 14.3. The van der Waals surface area contributed by atoms with Gasteiger partial charge in [-0.3, -0.25) is 19.8 Å². The molecule has 7 N–H and O–H groups in total. The number of nitro groups is 1. The minimum atomic E-state index is -4.73. The topological polar surface area (TPSA) is 256 Å². The average Bonchev–Trinajstić information content (AvgIpc) is 3.78. The molecule has 1 aliphatic carbocycles. The van der Waals surface area contributed by atoms with Gasteiger partial charge in [0.2, 0.25) is 5.88 Å². The monoisotopic (exact) mass is 972 g/mol. The summed E-state index contributed by atoms with van der Waals surface area (Å²) in [5.74, 6) is -0.647. The molecule has 21 heteroatoms. The number of amides is 1. The van der Waals surface area contributed by atoms with Gasteiger partial charge in [-0.15, -0.1) is 0 Å². The zero-order valence-electron chi connectivity index (χ0n) is 37.3. The normalized spacial score (nSPS) is 23.2. The van der Waals surface area contributed by atoms with Gasteiger partial charge in [-0.2, -0.15) is 4.98 Å². The molecule has 1 amide bonds. The van der Waals surface area contributed by atoms with Crippen LogP contribution in [0.1, 0.15) is 49.0 Å². The Balaban J connectivity index is 0.966. The van der Waals surface area contributed by atoms with Crippen molar-refractivity contribution in [3.05, 3.63) is 111 Å². The quantitative estimate of drug-likeness (QED) is 0.0657. The Hall–Kier alpha value is -5.84. The van der Waals surface area contributed by atoms with Crippen LogP contribution in [-0.2, 0) is 14.8 Å². The summed E-state index contributed by atoms with van der Waals surface area (Å²) in [7, 11) is -4.73. The summed E-state index contributed by atoms with van der Waals surface area (Å²) in [5, 5.41) is 56.5. The van der Waals surface area contributed by atoms with Crippen molar-refractivity contribution in [1.29, 1.82) is 0 Å². The van der Waals surface area contributed by atoms with Crippen molar-refractivity contribution < 1.29 is 48.0 Å². The van der Waals surface area contributed by atoms with Crippen LogP contribution in [0.4, 0.5) is 28.4 Å². The molecule has 0 spiro atoms. The Morgan fingerprint density at radius 2 is 1.72 bits per heavy atom. The largest absolute Gasteiger partial charge is 0.474 e. The summed E-state index contributed by atoms with van der Waals surface area (Å²) in [6, 6.07) is 20.1. The molecule has 19 nitrogen and oxygen atoms in total. The molecule has 3 aliphatic heterocycles. The fourth-order valence-corrected chi connectivity index (χ4v) is 10.5. The van der Waals surface area contributed by atoms with Gasteiger partial charge in [0, 0.05) is 67.6 Å². The standard InChI is InChI=1S/C47H53ClN8O11S/c1-47(2)13-11-29(34(24-47)27-3-5-30(48)6-4-27)26-53-15-17-54(18-16-53)31-7-9-33(36(22-31)55-19-20-66-45-38(55)21-28-12-14-49-43(28)51-45)44(60)52-68(64,65)32-8-10-35(37(23-32)56(62)63)50-25-39-40(57)41(58)42(59)46(61)67-39/h3-10,12,14,21-23,39-42,46,50,57-59,61H,11,13,15-20,24-26H2,1-2H3,(H,49,51)(H,52,60). The van der Waals surface area contributed by atoms with Gasteiger partial charge in [0.15, 0.2) is 6.29 Å². The maximum atomic E-state index is 14.3. The summed E-state index contributed by atoms with van der Waals surface area (Å²) in [5.41, 5.74) is 5.81. The van der Waals surface area contributed by atoms with Crippen molar-refractivity contribution in [2.24, 2.45) is 5.41 Å². The third kappa shape index (κ3) is 9.72. The molecule has 68 heavy (non-hydrogen) atoms. The fraction of sp³-hybridized carbons (Fsp3) is 0.404. The van der Waals surface area contributed by atoms with Gasteiger partial charge in [0.05, 0.1) is 27.6 Å². The van der Waals surface area contributed by atoms with Crippen LogP contribution in [0.15, 0.2) is 89.5 Å². The van der Waals surface area contributed by atoms with Crippen LogP contribution in [0.2, 0.25) is 5.02 Å². The van der Waals surface area contributed by atoms with E-state index in [4.69, 9.17) is 21.1 Å². The second kappa shape index (κ2) is 18.9. The molecule has 2 aromatic heterocycles. The number of carbonyl (C=O) groups excluding carboxylic acids is 1. The van der Waals surface area contributed by atoms with Gasteiger partial charge in [-0.05, 0) is 90.4 Å². The van der Waals surface area contributed by atoms with Crippen molar-refractivity contribution in [3.8, 4) is 5.88 Å². The molecule has 9 rings (SSSR count). The van der Waals surface area contributed by atoms with Gasteiger partial charge in [-0.25, -0.2) is 13.1 Å².